The number of carbonyl (C=O) groups excluding carboxylic acids is 1. The Morgan fingerprint density at radius 2 is 2.19 bits per heavy atom. The van der Waals surface area contributed by atoms with Gasteiger partial charge >= 0.3 is 0 Å². The third-order valence-electron chi connectivity index (χ3n) is 2.50. The Morgan fingerprint density at radius 3 is 2.81 bits per heavy atom. The molecule has 0 radical (unpaired) electrons. The molecule has 0 bridgehead atoms. The van der Waals surface area contributed by atoms with E-state index in [1.807, 2.05) is 37.3 Å². The van der Waals surface area contributed by atoms with Crippen LogP contribution in [0, 0.1) is 17.2 Å². The van der Waals surface area contributed by atoms with E-state index in [4.69, 9.17) is 5.26 Å². The van der Waals surface area contributed by atoms with Crippen LogP contribution in [0.4, 0.5) is 5.69 Å². The first-order valence-electron chi connectivity index (χ1n) is 5.44. The minimum absolute atomic E-state index is 0.0950. The van der Waals surface area contributed by atoms with Gasteiger partial charge in [0.15, 0.2) is 0 Å². The summed E-state index contributed by atoms with van der Waals surface area (Å²) in [5.41, 5.74) is 1.96. The van der Waals surface area contributed by atoms with Gasteiger partial charge in [0.2, 0.25) is 5.91 Å². The van der Waals surface area contributed by atoms with Crippen molar-refractivity contribution in [2.75, 3.05) is 5.32 Å². The highest BCUT2D eigenvalue weighted by atomic mass is 16.1. The van der Waals surface area contributed by atoms with E-state index < -0.39 is 0 Å². The van der Waals surface area contributed by atoms with Gasteiger partial charge in [-0.05, 0) is 18.1 Å². The normalized spacial score (nSPS) is 11.6. The Kier molecular flexibility index (Phi) is 4.53. The molecule has 0 spiro atoms. The summed E-state index contributed by atoms with van der Waals surface area (Å²) >= 11 is 0. The number of amides is 1. The van der Waals surface area contributed by atoms with Crippen LogP contribution >= 0.6 is 0 Å². The lowest BCUT2D eigenvalue weighted by atomic mass is 10.1. The predicted octanol–water partition coefficient (Wildman–Crippen LogP) is 2.74. The summed E-state index contributed by atoms with van der Waals surface area (Å²) in [4.78, 5) is 11.7. The van der Waals surface area contributed by atoms with Crippen molar-refractivity contribution < 1.29 is 4.79 Å². The molecular weight excluding hydrogens is 200 g/mol. The van der Waals surface area contributed by atoms with Gasteiger partial charge in [-0.1, -0.05) is 32.0 Å². The molecule has 0 aliphatic carbocycles. The van der Waals surface area contributed by atoms with Gasteiger partial charge in [0.25, 0.3) is 0 Å². The SMILES string of the molecule is CCc1ccccc1NC(=O)C(C)CC#N. The van der Waals surface area contributed by atoms with E-state index in [0.29, 0.717) is 0 Å². The number of hydrogen-bond donors (Lipinski definition) is 1. The number of nitrogens with one attached hydrogen (secondary N) is 1. The highest BCUT2D eigenvalue weighted by molar-refractivity contribution is 5.93. The number of hydrogen-bond acceptors (Lipinski definition) is 2. The fraction of sp³-hybridized carbons (Fsp3) is 0.385. The molecule has 1 amide bonds. The van der Waals surface area contributed by atoms with Crippen molar-refractivity contribution in [1.82, 2.24) is 0 Å². The molecule has 1 aromatic rings. The molecule has 3 nitrogen and oxygen atoms in total. The van der Waals surface area contributed by atoms with Crippen molar-refractivity contribution in [3.05, 3.63) is 29.8 Å². The fourth-order valence-corrected chi connectivity index (χ4v) is 1.44. The van der Waals surface area contributed by atoms with Gasteiger partial charge in [-0.3, -0.25) is 4.79 Å². The van der Waals surface area contributed by atoms with Crippen molar-refractivity contribution in [3.63, 3.8) is 0 Å². The second kappa shape index (κ2) is 5.92. The Labute approximate surface area is 96.1 Å². The van der Waals surface area contributed by atoms with Crippen LogP contribution in [-0.4, -0.2) is 5.91 Å². The maximum absolute atomic E-state index is 11.7. The van der Waals surface area contributed by atoms with E-state index >= 15 is 0 Å². The Bertz CT molecular complexity index is 407. The first kappa shape index (κ1) is 12.3. The zero-order valence-electron chi connectivity index (χ0n) is 9.66. The summed E-state index contributed by atoms with van der Waals surface area (Å²) in [5, 5.41) is 11.4. The van der Waals surface area contributed by atoms with Crippen molar-refractivity contribution >= 4 is 11.6 Å². The highest BCUT2D eigenvalue weighted by Gasteiger charge is 2.13. The minimum atomic E-state index is -0.269. The smallest absolute Gasteiger partial charge is 0.228 e. The van der Waals surface area contributed by atoms with Gasteiger partial charge in [-0.2, -0.15) is 5.26 Å². The van der Waals surface area contributed by atoms with Crippen LogP contribution in [0.5, 0.6) is 0 Å². The van der Waals surface area contributed by atoms with Crippen molar-refractivity contribution in [1.29, 1.82) is 5.26 Å². The summed E-state index contributed by atoms with van der Waals surface area (Å²) in [6, 6.07) is 9.72. The van der Waals surface area contributed by atoms with Crippen molar-refractivity contribution in [2.24, 2.45) is 5.92 Å². The van der Waals surface area contributed by atoms with Gasteiger partial charge in [-0.25, -0.2) is 0 Å². The van der Waals surface area contributed by atoms with Gasteiger partial charge in [0, 0.05) is 18.0 Å². The maximum Gasteiger partial charge on any atom is 0.228 e. The molecular formula is C13H16N2O. The monoisotopic (exact) mass is 216 g/mol. The lowest BCUT2D eigenvalue weighted by Crippen LogP contribution is -2.20. The van der Waals surface area contributed by atoms with Crippen LogP contribution in [0.2, 0.25) is 0 Å². The molecule has 1 aromatic carbocycles. The van der Waals surface area contributed by atoms with Crippen LogP contribution in [0.25, 0.3) is 0 Å². The molecule has 0 saturated carbocycles. The number of para-hydroxylation sites is 1. The lowest BCUT2D eigenvalue weighted by molar-refractivity contribution is -0.119. The van der Waals surface area contributed by atoms with Crippen molar-refractivity contribution in [3.8, 4) is 6.07 Å². The number of nitriles is 1. The quantitative estimate of drug-likeness (QED) is 0.841. The molecule has 0 heterocycles. The largest absolute Gasteiger partial charge is 0.326 e. The number of anilines is 1. The first-order valence-corrected chi connectivity index (χ1v) is 5.44. The third kappa shape index (κ3) is 3.09. The zero-order chi connectivity index (χ0) is 12.0. The van der Waals surface area contributed by atoms with Gasteiger partial charge in [-0.15, -0.1) is 0 Å². The second-order valence-electron chi connectivity index (χ2n) is 3.76. The third-order valence-corrected chi connectivity index (χ3v) is 2.50. The molecule has 1 atom stereocenters. The van der Waals surface area contributed by atoms with E-state index in [2.05, 4.69) is 5.32 Å². The van der Waals surface area contributed by atoms with Crippen molar-refractivity contribution in [2.45, 2.75) is 26.7 Å². The summed E-state index contributed by atoms with van der Waals surface area (Å²) in [6.45, 7) is 3.80. The van der Waals surface area contributed by atoms with E-state index in [0.717, 1.165) is 17.7 Å². The molecule has 1 N–H and O–H groups in total. The minimum Gasteiger partial charge on any atom is -0.326 e. The van der Waals surface area contributed by atoms with Crippen LogP contribution < -0.4 is 5.32 Å². The maximum atomic E-state index is 11.7. The summed E-state index contributed by atoms with van der Waals surface area (Å²) in [5.74, 6) is -0.364. The molecule has 3 heteroatoms. The second-order valence-corrected chi connectivity index (χ2v) is 3.76. The van der Waals surface area contributed by atoms with Crippen LogP contribution in [-0.2, 0) is 11.2 Å². The molecule has 0 fully saturated rings. The van der Waals surface area contributed by atoms with Crippen LogP contribution in [0.3, 0.4) is 0 Å². The topological polar surface area (TPSA) is 52.9 Å². The summed E-state index contributed by atoms with van der Waals surface area (Å²) in [7, 11) is 0. The molecule has 1 rings (SSSR count). The average Bonchev–Trinajstić information content (AvgIpc) is 2.30. The fourth-order valence-electron chi connectivity index (χ4n) is 1.44. The molecule has 16 heavy (non-hydrogen) atoms. The highest BCUT2D eigenvalue weighted by Crippen LogP contribution is 2.16. The number of carbonyl (C=O) groups is 1. The molecule has 84 valence electrons. The van der Waals surface area contributed by atoms with Gasteiger partial charge in [0.1, 0.15) is 0 Å². The van der Waals surface area contributed by atoms with Gasteiger partial charge < -0.3 is 5.32 Å². The molecule has 0 aromatic heterocycles. The Hall–Kier alpha value is -1.82. The molecule has 0 aliphatic heterocycles. The number of aryl methyl sites for hydroxylation is 1. The predicted molar refractivity (Wildman–Crippen MR) is 63.8 cm³/mol. The average molecular weight is 216 g/mol. The van der Waals surface area contributed by atoms with E-state index in [1.165, 1.54) is 0 Å². The van der Waals surface area contributed by atoms with E-state index in [9.17, 15) is 4.79 Å². The summed E-state index contributed by atoms with van der Waals surface area (Å²) in [6.07, 6.45) is 1.13. The van der Waals surface area contributed by atoms with E-state index in [-0.39, 0.29) is 18.2 Å². The summed E-state index contributed by atoms with van der Waals surface area (Å²) < 4.78 is 0. The first-order chi connectivity index (χ1) is 7.69. The van der Waals surface area contributed by atoms with Gasteiger partial charge in [0.05, 0.1) is 6.07 Å². The number of rotatable bonds is 4. The lowest BCUT2D eigenvalue weighted by Gasteiger charge is -2.12. The molecule has 0 aliphatic rings. The van der Waals surface area contributed by atoms with Crippen LogP contribution in [0.15, 0.2) is 24.3 Å². The Morgan fingerprint density at radius 1 is 1.50 bits per heavy atom. The van der Waals surface area contributed by atoms with Crippen LogP contribution in [0.1, 0.15) is 25.8 Å². The standard InChI is InChI=1S/C13H16N2O/c1-3-11-6-4-5-7-12(11)15-13(16)10(2)8-9-14/h4-7,10H,3,8H2,1-2H3,(H,15,16). The molecule has 0 saturated heterocycles. The zero-order valence-corrected chi connectivity index (χ0v) is 9.66. The Balaban J connectivity index is 2.73. The number of nitrogens with zero attached hydrogens (tertiary/aromatic N) is 1. The molecule has 1 unspecified atom stereocenters. The number of benzene rings is 1. The van der Waals surface area contributed by atoms with E-state index in [1.54, 1.807) is 6.92 Å².